The van der Waals surface area contributed by atoms with Gasteiger partial charge in [-0.1, -0.05) is 43.3 Å². The molecule has 0 aliphatic carbocycles. The Morgan fingerprint density at radius 3 is 2.44 bits per heavy atom. The molecule has 0 aliphatic rings. The summed E-state index contributed by atoms with van der Waals surface area (Å²) in [5, 5.41) is 1.08. The topological polar surface area (TPSA) is 9.23 Å². The highest BCUT2D eigenvalue weighted by molar-refractivity contribution is 8.03. The molecule has 0 radical (unpaired) electrons. The number of unbranched alkanes of at least 4 members (excludes halogenated alkanes) is 2. The first-order valence-corrected chi connectivity index (χ1v) is 10.9. The van der Waals surface area contributed by atoms with Crippen molar-refractivity contribution in [2.75, 3.05) is 0 Å². The number of hydrogen-bond acceptors (Lipinski definition) is 2. The van der Waals surface area contributed by atoms with Gasteiger partial charge in [-0.05, 0) is 50.7 Å². The van der Waals surface area contributed by atoms with Gasteiger partial charge in [0.25, 0.3) is 0 Å². The lowest BCUT2D eigenvalue weighted by Gasteiger charge is -2.21. The predicted octanol–water partition coefficient (Wildman–Crippen LogP) is 5.66. The van der Waals surface area contributed by atoms with Crippen molar-refractivity contribution < 1.29 is 4.43 Å². The second-order valence-electron chi connectivity index (χ2n) is 5.29. The summed E-state index contributed by atoms with van der Waals surface area (Å²) >= 11 is 1.74. The molecule has 0 unspecified atom stereocenters. The monoisotopic (exact) mass is 280 g/mol. The Morgan fingerprint density at radius 2 is 1.89 bits per heavy atom. The zero-order chi connectivity index (χ0) is 13.4. The van der Waals surface area contributed by atoms with E-state index in [-0.39, 0.29) is 0 Å². The molecule has 0 fully saturated rings. The molecular weight excluding hydrogens is 256 g/mol. The molecule has 100 valence electrons. The van der Waals surface area contributed by atoms with E-state index in [9.17, 15) is 0 Å². The molecule has 0 saturated carbocycles. The maximum absolute atomic E-state index is 6.15. The fourth-order valence-corrected chi connectivity index (χ4v) is 3.76. The van der Waals surface area contributed by atoms with Gasteiger partial charge in [0.15, 0.2) is 0 Å². The minimum absolute atomic E-state index is 1.08. The van der Waals surface area contributed by atoms with Crippen molar-refractivity contribution >= 4 is 20.1 Å². The summed E-state index contributed by atoms with van der Waals surface area (Å²) in [6.45, 7) is 8.90. The largest absolute Gasteiger partial charge is 0.540 e. The molecule has 0 spiro atoms. The van der Waals surface area contributed by atoms with Gasteiger partial charge in [-0.15, -0.1) is 0 Å². The first-order valence-electron chi connectivity index (χ1n) is 6.63. The fourth-order valence-electron chi connectivity index (χ4n) is 1.43. The summed E-state index contributed by atoms with van der Waals surface area (Å²) in [5.41, 5.74) is 0. The third kappa shape index (κ3) is 6.92. The van der Waals surface area contributed by atoms with E-state index >= 15 is 0 Å². The molecule has 1 aromatic rings. The standard InChI is InChI=1S/C15H24OSSi/c1-5-6-8-13-15(16-18(2,3)4)17-14-11-9-7-10-12-14/h7,9-13H,5-6,8H2,1-4H3/b15-13+. The van der Waals surface area contributed by atoms with Crippen molar-refractivity contribution in [1.82, 2.24) is 0 Å². The van der Waals surface area contributed by atoms with E-state index in [0.29, 0.717) is 0 Å². The van der Waals surface area contributed by atoms with Gasteiger partial charge in [0.1, 0.15) is 5.09 Å². The number of benzene rings is 1. The molecule has 1 aromatic carbocycles. The Hall–Kier alpha value is -0.673. The van der Waals surface area contributed by atoms with Gasteiger partial charge >= 0.3 is 0 Å². The van der Waals surface area contributed by atoms with Crippen molar-refractivity contribution in [3.05, 3.63) is 41.5 Å². The van der Waals surface area contributed by atoms with Crippen molar-refractivity contribution in [3.8, 4) is 0 Å². The van der Waals surface area contributed by atoms with Crippen molar-refractivity contribution in [2.24, 2.45) is 0 Å². The van der Waals surface area contributed by atoms with Crippen LogP contribution in [0.2, 0.25) is 19.6 Å². The number of hydrogen-bond donors (Lipinski definition) is 0. The molecule has 0 heterocycles. The quantitative estimate of drug-likeness (QED) is 0.276. The van der Waals surface area contributed by atoms with E-state index in [1.807, 2.05) is 6.07 Å². The van der Waals surface area contributed by atoms with Crippen LogP contribution < -0.4 is 0 Å². The van der Waals surface area contributed by atoms with Gasteiger partial charge in [0.2, 0.25) is 8.32 Å². The van der Waals surface area contributed by atoms with Crippen LogP contribution in [0, 0.1) is 0 Å². The second kappa shape index (κ2) is 7.69. The predicted molar refractivity (Wildman–Crippen MR) is 84.3 cm³/mol. The van der Waals surface area contributed by atoms with Crippen LogP contribution in [0.25, 0.3) is 0 Å². The number of thioether (sulfide) groups is 1. The van der Waals surface area contributed by atoms with Gasteiger partial charge in [-0.3, -0.25) is 0 Å². The Morgan fingerprint density at radius 1 is 1.22 bits per heavy atom. The van der Waals surface area contributed by atoms with E-state index < -0.39 is 8.32 Å². The summed E-state index contributed by atoms with van der Waals surface area (Å²) in [4.78, 5) is 1.25. The summed E-state index contributed by atoms with van der Waals surface area (Å²) in [6.07, 6.45) is 5.82. The van der Waals surface area contributed by atoms with Crippen LogP contribution in [0.3, 0.4) is 0 Å². The van der Waals surface area contributed by atoms with Crippen LogP contribution in [0.1, 0.15) is 26.2 Å². The van der Waals surface area contributed by atoms with Crippen molar-refractivity contribution in [1.29, 1.82) is 0 Å². The minimum Gasteiger partial charge on any atom is -0.540 e. The Labute approximate surface area is 117 Å². The average molecular weight is 281 g/mol. The lowest BCUT2D eigenvalue weighted by molar-refractivity contribution is 0.460. The molecule has 1 rings (SSSR count). The average Bonchev–Trinajstić information content (AvgIpc) is 2.28. The highest BCUT2D eigenvalue weighted by atomic mass is 32.2. The second-order valence-corrected chi connectivity index (χ2v) is 10.8. The zero-order valence-corrected chi connectivity index (χ0v) is 13.7. The molecule has 0 aromatic heterocycles. The Balaban J connectivity index is 2.68. The van der Waals surface area contributed by atoms with Crippen LogP contribution in [0.4, 0.5) is 0 Å². The molecule has 0 amide bonds. The van der Waals surface area contributed by atoms with E-state index in [1.165, 1.54) is 17.7 Å². The third-order valence-corrected chi connectivity index (χ3v) is 4.18. The smallest absolute Gasteiger partial charge is 0.242 e. The molecule has 0 aliphatic heterocycles. The van der Waals surface area contributed by atoms with E-state index in [0.717, 1.165) is 11.5 Å². The van der Waals surface area contributed by atoms with Crippen LogP contribution in [0.5, 0.6) is 0 Å². The van der Waals surface area contributed by atoms with Gasteiger partial charge in [0, 0.05) is 4.90 Å². The summed E-state index contributed by atoms with van der Waals surface area (Å²) in [5.74, 6) is 0. The highest BCUT2D eigenvalue weighted by Gasteiger charge is 2.18. The maximum Gasteiger partial charge on any atom is 0.242 e. The third-order valence-electron chi connectivity index (χ3n) is 2.24. The normalized spacial score (nSPS) is 12.6. The summed E-state index contributed by atoms with van der Waals surface area (Å²) < 4.78 is 6.15. The zero-order valence-electron chi connectivity index (χ0n) is 11.9. The molecule has 0 saturated heterocycles. The maximum atomic E-state index is 6.15. The first-order chi connectivity index (χ1) is 8.51. The number of allylic oxidation sites excluding steroid dienone is 1. The molecule has 3 heteroatoms. The summed E-state index contributed by atoms with van der Waals surface area (Å²) in [7, 11) is -1.52. The molecule has 1 nitrogen and oxygen atoms in total. The van der Waals surface area contributed by atoms with Gasteiger partial charge < -0.3 is 4.43 Å². The first kappa shape index (κ1) is 15.4. The fraction of sp³-hybridized carbons (Fsp3) is 0.467. The van der Waals surface area contributed by atoms with Gasteiger partial charge in [0.05, 0.1) is 0 Å². The lowest BCUT2D eigenvalue weighted by atomic mass is 10.2. The van der Waals surface area contributed by atoms with Crippen molar-refractivity contribution in [2.45, 2.75) is 50.7 Å². The van der Waals surface area contributed by atoms with Crippen LogP contribution in [0.15, 0.2) is 46.4 Å². The Kier molecular flexibility index (Phi) is 6.58. The molecular formula is C15H24OSSi. The minimum atomic E-state index is -1.52. The Bertz CT molecular complexity index is 368. The van der Waals surface area contributed by atoms with Crippen LogP contribution in [-0.2, 0) is 4.43 Å². The molecule has 0 atom stereocenters. The summed E-state index contributed by atoms with van der Waals surface area (Å²) in [6, 6.07) is 10.4. The highest BCUT2D eigenvalue weighted by Crippen LogP contribution is 2.30. The number of rotatable bonds is 7. The van der Waals surface area contributed by atoms with E-state index in [1.54, 1.807) is 11.8 Å². The van der Waals surface area contributed by atoms with Crippen LogP contribution in [-0.4, -0.2) is 8.32 Å². The van der Waals surface area contributed by atoms with E-state index in [2.05, 4.69) is 56.9 Å². The van der Waals surface area contributed by atoms with Gasteiger partial charge in [-0.2, -0.15) is 0 Å². The molecule has 0 bridgehead atoms. The van der Waals surface area contributed by atoms with E-state index in [4.69, 9.17) is 4.43 Å². The molecule has 0 N–H and O–H groups in total. The van der Waals surface area contributed by atoms with Crippen LogP contribution >= 0.6 is 11.8 Å². The SMILES string of the molecule is CCCC/C=C(\O[Si](C)(C)C)Sc1ccccc1. The van der Waals surface area contributed by atoms with Gasteiger partial charge in [-0.25, -0.2) is 0 Å². The lowest BCUT2D eigenvalue weighted by Crippen LogP contribution is -2.24. The van der Waals surface area contributed by atoms with Crippen molar-refractivity contribution in [3.63, 3.8) is 0 Å². The molecule has 18 heavy (non-hydrogen) atoms.